The van der Waals surface area contributed by atoms with Crippen molar-refractivity contribution < 1.29 is 0 Å². The van der Waals surface area contributed by atoms with Crippen molar-refractivity contribution in [2.45, 2.75) is 17.4 Å². The first-order valence-electron chi connectivity index (χ1n) is 6.17. The minimum absolute atomic E-state index is 0.299. The summed E-state index contributed by atoms with van der Waals surface area (Å²) in [5.41, 5.74) is 2.25. The van der Waals surface area contributed by atoms with Gasteiger partial charge in [0, 0.05) is 15.7 Å². The van der Waals surface area contributed by atoms with Gasteiger partial charge in [0.25, 0.3) is 0 Å². The highest BCUT2D eigenvalue weighted by molar-refractivity contribution is 7.99. The Morgan fingerprint density at radius 2 is 1.95 bits per heavy atom. The van der Waals surface area contributed by atoms with Crippen molar-refractivity contribution in [2.75, 3.05) is 11.1 Å². The standard InChI is InChI=1S/C15H13Cl2NS/c16-10-5-6-12(17)14(9-10)18-13-7-8-19-15-4-2-1-3-11(13)15/h1-6,9,13,18H,7-8H2. The first-order chi connectivity index (χ1) is 9.24. The maximum Gasteiger partial charge on any atom is 0.0638 e. The second-order valence-electron chi connectivity index (χ2n) is 4.50. The van der Waals surface area contributed by atoms with E-state index < -0.39 is 0 Å². The van der Waals surface area contributed by atoms with Crippen LogP contribution in [0.1, 0.15) is 18.0 Å². The Bertz CT molecular complexity index is 600. The molecule has 1 heterocycles. The topological polar surface area (TPSA) is 12.0 Å². The van der Waals surface area contributed by atoms with Gasteiger partial charge in [0.1, 0.15) is 0 Å². The van der Waals surface area contributed by atoms with Gasteiger partial charge in [-0.2, -0.15) is 0 Å². The number of anilines is 1. The summed E-state index contributed by atoms with van der Waals surface area (Å²) in [5.74, 6) is 1.12. The number of nitrogens with one attached hydrogen (secondary N) is 1. The molecule has 0 radical (unpaired) electrons. The van der Waals surface area contributed by atoms with Crippen LogP contribution in [0.2, 0.25) is 10.0 Å². The van der Waals surface area contributed by atoms with E-state index in [0.717, 1.165) is 17.9 Å². The molecule has 3 rings (SSSR count). The zero-order chi connectivity index (χ0) is 13.2. The summed E-state index contributed by atoms with van der Waals surface area (Å²) in [5, 5.41) is 4.92. The van der Waals surface area contributed by atoms with Gasteiger partial charge in [-0.1, -0.05) is 41.4 Å². The lowest BCUT2D eigenvalue weighted by molar-refractivity contribution is 0.729. The van der Waals surface area contributed by atoms with E-state index in [-0.39, 0.29) is 0 Å². The predicted octanol–water partition coefficient (Wildman–Crippen LogP) is 5.64. The van der Waals surface area contributed by atoms with Crippen LogP contribution in [0.5, 0.6) is 0 Å². The van der Waals surface area contributed by atoms with Gasteiger partial charge in [-0.25, -0.2) is 0 Å². The quantitative estimate of drug-likeness (QED) is 0.770. The highest BCUT2D eigenvalue weighted by Crippen LogP contribution is 2.39. The van der Waals surface area contributed by atoms with Gasteiger partial charge >= 0.3 is 0 Å². The molecule has 1 atom stereocenters. The third kappa shape index (κ3) is 2.86. The average molecular weight is 310 g/mol. The van der Waals surface area contributed by atoms with E-state index in [1.165, 1.54) is 10.5 Å². The highest BCUT2D eigenvalue weighted by Gasteiger charge is 2.20. The number of halogens is 2. The molecule has 1 aliphatic heterocycles. The third-order valence-electron chi connectivity index (χ3n) is 3.22. The number of benzene rings is 2. The molecular weight excluding hydrogens is 297 g/mol. The van der Waals surface area contributed by atoms with E-state index in [2.05, 4.69) is 29.6 Å². The summed E-state index contributed by atoms with van der Waals surface area (Å²) >= 11 is 14.2. The molecule has 98 valence electrons. The zero-order valence-electron chi connectivity index (χ0n) is 10.2. The minimum atomic E-state index is 0.299. The van der Waals surface area contributed by atoms with E-state index in [0.29, 0.717) is 16.1 Å². The van der Waals surface area contributed by atoms with Crippen LogP contribution >= 0.6 is 35.0 Å². The first-order valence-corrected chi connectivity index (χ1v) is 7.91. The molecule has 0 fully saturated rings. The van der Waals surface area contributed by atoms with E-state index in [1.807, 2.05) is 23.9 Å². The number of fused-ring (bicyclic) bond motifs is 1. The molecular formula is C15H13Cl2NS. The molecule has 1 N–H and O–H groups in total. The van der Waals surface area contributed by atoms with Gasteiger partial charge in [0.15, 0.2) is 0 Å². The van der Waals surface area contributed by atoms with Crippen LogP contribution in [0, 0.1) is 0 Å². The third-order valence-corrected chi connectivity index (χ3v) is 4.90. The Kier molecular flexibility index (Phi) is 3.92. The Hall–Kier alpha value is -0.830. The van der Waals surface area contributed by atoms with Crippen LogP contribution < -0.4 is 5.32 Å². The zero-order valence-corrected chi connectivity index (χ0v) is 12.5. The SMILES string of the molecule is Clc1ccc(Cl)c(NC2CCSc3ccccc32)c1. The average Bonchev–Trinajstić information content (AvgIpc) is 2.43. The lowest BCUT2D eigenvalue weighted by Crippen LogP contribution is -2.16. The van der Waals surface area contributed by atoms with Crippen molar-refractivity contribution in [3.63, 3.8) is 0 Å². The molecule has 0 spiro atoms. The van der Waals surface area contributed by atoms with Crippen LogP contribution in [0.3, 0.4) is 0 Å². The van der Waals surface area contributed by atoms with Crippen molar-refractivity contribution in [3.05, 3.63) is 58.1 Å². The van der Waals surface area contributed by atoms with Crippen molar-refractivity contribution in [2.24, 2.45) is 0 Å². The molecule has 4 heteroatoms. The van der Waals surface area contributed by atoms with Crippen molar-refractivity contribution in [3.8, 4) is 0 Å². The van der Waals surface area contributed by atoms with Crippen LogP contribution in [0.15, 0.2) is 47.4 Å². The number of thioether (sulfide) groups is 1. The molecule has 0 aliphatic carbocycles. The van der Waals surface area contributed by atoms with Gasteiger partial charge in [0.05, 0.1) is 16.8 Å². The van der Waals surface area contributed by atoms with Crippen molar-refractivity contribution in [1.82, 2.24) is 0 Å². The number of hydrogen-bond donors (Lipinski definition) is 1. The summed E-state index contributed by atoms with van der Waals surface area (Å²) < 4.78 is 0. The highest BCUT2D eigenvalue weighted by atomic mass is 35.5. The molecule has 2 aromatic carbocycles. The lowest BCUT2D eigenvalue weighted by Gasteiger charge is -2.27. The lowest BCUT2D eigenvalue weighted by atomic mass is 10.0. The fraction of sp³-hybridized carbons (Fsp3) is 0.200. The Morgan fingerprint density at radius 3 is 2.84 bits per heavy atom. The minimum Gasteiger partial charge on any atom is -0.377 e. The predicted molar refractivity (Wildman–Crippen MR) is 84.6 cm³/mol. The molecule has 0 bridgehead atoms. The largest absolute Gasteiger partial charge is 0.377 e. The smallest absolute Gasteiger partial charge is 0.0638 e. The van der Waals surface area contributed by atoms with E-state index >= 15 is 0 Å². The van der Waals surface area contributed by atoms with Gasteiger partial charge in [-0.15, -0.1) is 11.8 Å². The van der Waals surface area contributed by atoms with Crippen LogP contribution in [-0.4, -0.2) is 5.75 Å². The van der Waals surface area contributed by atoms with Gasteiger partial charge < -0.3 is 5.32 Å². The summed E-state index contributed by atoms with van der Waals surface area (Å²) in [6.07, 6.45) is 1.09. The summed E-state index contributed by atoms with van der Waals surface area (Å²) in [7, 11) is 0. The molecule has 19 heavy (non-hydrogen) atoms. The van der Waals surface area contributed by atoms with E-state index in [4.69, 9.17) is 23.2 Å². The molecule has 0 saturated carbocycles. The van der Waals surface area contributed by atoms with Crippen LogP contribution in [0.4, 0.5) is 5.69 Å². The van der Waals surface area contributed by atoms with Crippen LogP contribution in [0.25, 0.3) is 0 Å². The molecule has 1 unspecified atom stereocenters. The maximum atomic E-state index is 6.22. The fourth-order valence-electron chi connectivity index (χ4n) is 2.29. The summed E-state index contributed by atoms with van der Waals surface area (Å²) in [6.45, 7) is 0. The Balaban J connectivity index is 1.90. The van der Waals surface area contributed by atoms with Crippen molar-refractivity contribution in [1.29, 1.82) is 0 Å². The number of rotatable bonds is 2. The normalized spacial score (nSPS) is 17.9. The van der Waals surface area contributed by atoms with Gasteiger partial charge in [-0.3, -0.25) is 0 Å². The second-order valence-corrected chi connectivity index (χ2v) is 6.48. The first kappa shape index (κ1) is 13.2. The Morgan fingerprint density at radius 1 is 1.11 bits per heavy atom. The van der Waals surface area contributed by atoms with Crippen LogP contribution in [-0.2, 0) is 0 Å². The fourth-order valence-corrected chi connectivity index (χ4v) is 3.76. The summed E-state index contributed by atoms with van der Waals surface area (Å²) in [6, 6.07) is 14.3. The molecule has 2 aromatic rings. The van der Waals surface area contributed by atoms with E-state index in [1.54, 1.807) is 6.07 Å². The Labute approximate surface area is 127 Å². The van der Waals surface area contributed by atoms with Gasteiger partial charge in [0.2, 0.25) is 0 Å². The maximum absolute atomic E-state index is 6.22. The molecule has 0 amide bonds. The monoisotopic (exact) mass is 309 g/mol. The molecule has 1 aliphatic rings. The summed E-state index contributed by atoms with van der Waals surface area (Å²) in [4.78, 5) is 1.35. The van der Waals surface area contributed by atoms with E-state index in [9.17, 15) is 0 Å². The molecule has 1 nitrogen and oxygen atoms in total. The molecule has 0 saturated heterocycles. The number of hydrogen-bond acceptors (Lipinski definition) is 2. The molecule has 0 aromatic heterocycles. The van der Waals surface area contributed by atoms with Gasteiger partial charge in [-0.05, 0) is 36.2 Å². The second kappa shape index (κ2) is 5.66. The van der Waals surface area contributed by atoms with Crippen molar-refractivity contribution >= 4 is 40.7 Å².